The van der Waals surface area contributed by atoms with Gasteiger partial charge in [0.2, 0.25) is 5.91 Å². The molecule has 1 aromatic carbocycles. The zero-order chi connectivity index (χ0) is 12.3. The summed E-state index contributed by atoms with van der Waals surface area (Å²) in [4.78, 5) is 11.4. The molecule has 0 radical (unpaired) electrons. The molecule has 4 heteroatoms. The predicted molar refractivity (Wildman–Crippen MR) is 66.4 cm³/mol. The van der Waals surface area contributed by atoms with Crippen molar-refractivity contribution in [3.63, 3.8) is 0 Å². The van der Waals surface area contributed by atoms with E-state index in [4.69, 9.17) is 16.3 Å². The Morgan fingerprint density at radius 3 is 2.62 bits per heavy atom. The number of methoxy groups -OCH3 is 1. The molecule has 0 aliphatic carbocycles. The van der Waals surface area contributed by atoms with Gasteiger partial charge in [0.15, 0.2) is 0 Å². The van der Waals surface area contributed by atoms with Gasteiger partial charge in [-0.15, -0.1) is 0 Å². The third kappa shape index (κ3) is 2.47. The summed E-state index contributed by atoms with van der Waals surface area (Å²) >= 11 is 6.13. The molecule has 3 nitrogen and oxygen atoms in total. The number of ether oxygens (including phenoxy) is 1. The van der Waals surface area contributed by atoms with Crippen LogP contribution < -0.4 is 10.1 Å². The van der Waals surface area contributed by atoms with E-state index in [1.165, 1.54) is 0 Å². The van der Waals surface area contributed by atoms with Gasteiger partial charge in [0.25, 0.3) is 0 Å². The number of nitrogens with one attached hydrogen (secondary N) is 1. The third-order valence-corrected chi connectivity index (χ3v) is 3.03. The zero-order valence-electron chi connectivity index (χ0n) is 9.98. The van der Waals surface area contributed by atoms with Crippen LogP contribution in [-0.2, 0) is 4.79 Å². The lowest BCUT2D eigenvalue weighted by atomic mass is 10.1. The van der Waals surface area contributed by atoms with Crippen LogP contribution in [0.25, 0.3) is 0 Å². The fraction of sp³-hybridized carbons (Fsp3) is 0.417. The van der Waals surface area contributed by atoms with Gasteiger partial charge in [-0.2, -0.15) is 0 Å². The Hall–Kier alpha value is -1.22. The number of aryl methyl sites for hydroxylation is 1. The molecule has 0 heterocycles. The Kier molecular flexibility index (Phi) is 4.19. The number of anilines is 1. The van der Waals surface area contributed by atoms with Crippen molar-refractivity contribution in [3.8, 4) is 5.75 Å². The van der Waals surface area contributed by atoms with Gasteiger partial charge < -0.3 is 10.1 Å². The van der Waals surface area contributed by atoms with E-state index in [9.17, 15) is 4.79 Å². The summed E-state index contributed by atoms with van der Waals surface area (Å²) in [5.41, 5.74) is 2.43. The molecule has 0 aliphatic heterocycles. The fourth-order valence-corrected chi connectivity index (χ4v) is 1.62. The molecule has 16 heavy (non-hydrogen) atoms. The zero-order valence-corrected chi connectivity index (χ0v) is 10.7. The molecule has 0 atom stereocenters. The van der Waals surface area contributed by atoms with Crippen molar-refractivity contribution in [2.75, 3.05) is 12.4 Å². The Morgan fingerprint density at radius 2 is 2.12 bits per heavy atom. The molecule has 0 saturated heterocycles. The van der Waals surface area contributed by atoms with Gasteiger partial charge >= 0.3 is 0 Å². The molecule has 0 unspecified atom stereocenters. The Balaban J connectivity index is 3.24. The van der Waals surface area contributed by atoms with E-state index >= 15 is 0 Å². The number of amides is 1. The Labute approximate surface area is 101 Å². The SMILES string of the molecule is CCC(=O)Nc1c(OC)cc(C)c(Cl)c1C. The van der Waals surface area contributed by atoms with Gasteiger partial charge in [-0.3, -0.25) is 4.79 Å². The van der Waals surface area contributed by atoms with Crippen LogP contribution in [0.1, 0.15) is 24.5 Å². The fourth-order valence-electron chi connectivity index (χ4n) is 1.47. The lowest BCUT2D eigenvalue weighted by Gasteiger charge is -2.15. The number of rotatable bonds is 3. The second-order valence-electron chi connectivity index (χ2n) is 3.61. The molecule has 0 saturated carbocycles. The minimum atomic E-state index is -0.0543. The summed E-state index contributed by atoms with van der Waals surface area (Å²) < 4.78 is 5.23. The van der Waals surface area contributed by atoms with E-state index in [1.807, 2.05) is 19.9 Å². The standard InChI is InChI=1S/C12H16ClNO2/c1-5-10(15)14-12-8(3)11(13)7(2)6-9(12)16-4/h6H,5H2,1-4H3,(H,14,15). The maximum Gasteiger partial charge on any atom is 0.224 e. The summed E-state index contributed by atoms with van der Waals surface area (Å²) in [5.74, 6) is 0.586. The normalized spacial score (nSPS) is 10.1. The summed E-state index contributed by atoms with van der Waals surface area (Å²) in [5, 5.41) is 3.46. The molecular formula is C12H16ClNO2. The van der Waals surface area contributed by atoms with E-state index in [2.05, 4.69) is 5.32 Å². The first-order valence-corrected chi connectivity index (χ1v) is 5.52. The quantitative estimate of drug-likeness (QED) is 0.882. The highest BCUT2D eigenvalue weighted by molar-refractivity contribution is 6.32. The predicted octanol–water partition coefficient (Wildman–Crippen LogP) is 3.31. The summed E-state index contributed by atoms with van der Waals surface area (Å²) in [6.45, 7) is 5.57. The summed E-state index contributed by atoms with van der Waals surface area (Å²) in [6, 6.07) is 1.82. The lowest BCUT2D eigenvalue weighted by Crippen LogP contribution is -2.12. The average Bonchev–Trinajstić information content (AvgIpc) is 2.29. The second-order valence-corrected chi connectivity index (χ2v) is 3.99. The minimum Gasteiger partial charge on any atom is -0.495 e. The molecule has 0 fully saturated rings. The molecule has 1 amide bonds. The van der Waals surface area contributed by atoms with Crippen LogP contribution in [0.15, 0.2) is 6.07 Å². The van der Waals surface area contributed by atoms with Crippen molar-refractivity contribution >= 4 is 23.2 Å². The molecule has 88 valence electrons. The molecule has 0 spiro atoms. The Bertz CT molecular complexity index is 416. The summed E-state index contributed by atoms with van der Waals surface area (Å²) in [7, 11) is 1.57. The first kappa shape index (κ1) is 12.8. The van der Waals surface area contributed by atoms with Crippen LogP contribution in [0.4, 0.5) is 5.69 Å². The topological polar surface area (TPSA) is 38.3 Å². The van der Waals surface area contributed by atoms with E-state index in [-0.39, 0.29) is 5.91 Å². The number of halogens is 1. The number of hydrogen-bond acceptors (Lipinski definition) is 2. The smallest absolute Gasteiger partial charge is 0.224 e. The monoisotopic (exact) mass is 241 g/mol. The van der Waals surface area contributed by atoms with Crippen LogP contribution in [0.3, 0.4) is 0 Å². The van der Waals surface area contributed by atoms with Gasteiger partial charge in [0.1, 0.15) is 5.75 Å². The highest BCUT2D eigenvalue weighted by Crippen LogP contribution is 2.35. The van der Waals surface area contributed by atoms with Crippen molar-refractivity contribution in [3.05, 3.63) is 22.2 Å². The van der Waals surface area contributed by atoms with Gasteiger partial charge in [0, 0.05) is 11.4 Å². The first-order chi connectivity index (χ1) is 7.51. The minimum absolute atomic E-state index is 0.0543. The molecule has 1 rings (SSSR count). The van der Waals surface area contributed by atoms with E-state index in [1.54, 1.807) is 14.0 Å². The van der Waals surface area contributed by atoms with Gasteiger partial charge in [0.05, 0.1) is 12.8 Å². The highest BCUT2D eigenvalue weighted by Gasteiger charge is 2.14. The first-order valence-electron chi connectivity index (χ1n) is 5.14. The number of benzene rings is 1. The van der Waals surface area contributed by atoms with Crippen molar-refractivity contribution in [1.82, 2.24) is 0 Å². The maximum absolute atomic E-state index is 11.4. The molecular weight excluding hydrogens is 226 g/mol. The molecule has 1 N–H and O–H groups in total. The van der Waals surface area contributed by atoms with Gasteiger partial charge in [-0.05, 0) is 31.0 Å². The van der Waals surface area contributed by atoms with Crippen LogP contribution >= 0.6 is 11.6 Å². The number of hydrogen-bond donors (Lipinski definition) is 1. The van der Waals surface area contributed by atoms with Crippen LogP contribution in [0.5, 0.6) is 5.75 Å². The Morgan fingerprint density at radius 1 is 1.50 bits per heavy atom. The van der Waals surface area contributed by atoms with Crippen molar-refractivity contribution < 1.29 is 9.53 Å². The number of carbonyl (C=O) groups excluding carboxylic acids is 1. The highest BCUT2D eigenvalue weighted by atomic mass is 35.5. The molecule has 1 aromatic rings. The van der Waals surface area contributed by atoms with E-state index in [0.29, 0.717) is 22.9 Å². The van der Waals surface area contributed by atoms with Crippen LogP contribution in [0.2, 0.25) is 5.02 Å². The van der Waals surface area contributed by atoms with E-state index in [0.717, 1.165) is 11.1 Å². The second kappa shape index (κ2) is 5.21. The largest absolute Gasteiger partial charge is 0.495 e. The number of carbonyl (C=O) groups is 1. The lowest BCUT2D eigenvalue weighted by molar-refractivity contribution is -0.115. The van der Waals surface area contributed by atoms with Gasteiger partial charge in [-0.25, -0.2) is 0 Å². The van der Waals surface area contributed by atoms with Crippen LogP contribution in [0, 0.1) is 13.8 Å². The van der Waals surface area contributed by atoms with Crippen molar-refractivity contribution in [2.45, 2.75) is 27.2 Å². The van der Waals surface area contributed by atoms with Crippen molar-refractivity contribution in [1.29, 1.82) is 0 Å². The van der Waals surface area contributed by atoms with Crippen molar-refractivity contribution in [2.24, 2.45) is 0 Å². The third-order valence-electron chi connectivity index (χ3n) is 2.45. The average molecular weight is 242 g/mol. The molecule has 0 aliphatic rings. The maximum atomic E-state index is 11.4. The summed E-state index contributed by atoms with van der Waals surface area (Å²) in [6.07, 6.45) is 0.425. The molecule has 0 bridgehead atoms. The van der Waals surface area contributed by atoms with Crippen LogP contribution in [-0.4, -0.2) is 13.0 Å². The molecule has 0 aromatic heterocycles. The van der Waals surface area contributed by atoms with E-state index < -0.39 is 0 Å². The van der Waals surface area contributed by atoms with Gasteiger partial charge in [-0.1, -0.05) is 18.5 Å².